The number of ketones is 1. The largest absolute Gasteiger partial charge is 0.295 e. The van der Waals surface area contributed by atoms with Crippen molar-refractivity contribution in [1.29, 1.82) is 0 Å². The van der Waals surface area contributed by atoms with Gasteiger partial charge in [0.25, 0.3) is 0 Å². The molecule has 0 aliphatic heterocycles. The van der Waals surface area contributed by atoms with Crippen LogP contribution in [0.5, 0.6) is 0 Å². The van der Waals surface area contributed by atoms with E-state index < -0.39 is 10.9 Å². The predicted molar refractivity (Wildman–Crippen MR) is 95.8 cm³/mol. The molecule has 2 atom stereocenters. The summed E-state index contributed by atoms with van der Waals surface area (Å²) in [5.41, 5.74) is 1.02. The summed E-state index contributed by atoms with van der Waals surface area (Å²) in [7, 11) is 0. The quantitative estimate of drug-likeness (QED) is 0.646. The number of carbonyl (C=O) groups excluding carboxylic acids is 1. The van der Waals surface area contributed by atoms with Gasteiger partial charge in [-0.1, -0.05) is 36.2 Å². The van der Waals surface area contributed by atoms with E-state index >= 15 is 0 Å². The van der Waals surface area contributed by atoms with Gasteiger partial charge in [-0.2, -0.15) is 5.10 Å². The first kappa shape index (κ1) is 17.7. The van der Waals surface area contributed by atoms with Crippen molar-refractivity contribution in [3.05, 3.63) is 46.5 Å². The topological polar surface area (TPSA) is 47.8 Å². The Bertz CT molecular complexity index is 729. The van der Waals surface area contributed by atoms with Gasteiger partial charge in [0.1, 0.15) is 23.6 Å². The zero-order valence-corrected chi connectivity index (χ0v) is 15.5. The van der Waals surface area contributed by atoms with Gasteiger partial charge in [-0.15, -0.1) is 11.6 Å². The minimum Gasteiger partial charge on any atom is -0.295 e. The van der Waals surface area contributed by atoms with Crippen molar-refractivity contribution in [3.8, 4) is 0 Å². The normalized spacial score (nSPS) is 18.2. The van der Waals surface area contributed by atoms with Crippen LogP contribution in [0.4, 0.5) is 0 Å². The maximum atomic E-state index is 12.8. The molecule has 0 radical (unpaired) electrons. The number of hydrogen-bond donors (Lipinski definition) is 0. The van der Waals surface area contributed by atoms with Crippen LogP contribution in [-0.4, -0.2) is 25.4 Å². The molecule has 1 heterocycles. The smallest absolute Gasteiger partial charge is 0.178 e. The molecule has 4 nitrogen and oxygen atoms in total. The Morgan fingerprint density at radius 3 is 2.71 bits per heavy atom. The van der Waals surface area contributed by atoms with Gasteiger partial charge >= 0.3 is 0 Å². The summed E-state index contributed by atoms with van der Waals surface area (Å²) in [4.78, 5) is 16.0. The number of aromatic nitrogens is 3. The molecule has 0 N–H and O–H groups in total. The van der Waals surface area contributed by atoms with Crippen molar-refractivity contribution >= 4 is 40.6 Å². The molecule has 128 valence electrons. The summed E-state index contributed by atoms with van der Waals surface area (Å²) < 4.78 is 1.62. The fourth-order valence-electron chi connectivity index (χ4n) is 2.90. The van der Waals surface area contributed by atoms with E-state index in [1.807, 2.05) is 12.1 Å². The number of halogens is 3. The zero-order chi connectivity index (χ0) is 17.3. The first-order chi connectivity index (χ1) is 11.4. The number of hydrogen-bond acceptors (Lipinski definition) is 3. The molecule has 0 bridgehead atoms. The molecule has 1 saturated carbocycles. The van der Waals surface area contributed by atoms with E-state index in [0.29, 0.717) is 16.5 Å². The van der Waals surface area contributed by atoms with Crippen LogP contribution in [0.15, 0.2) is 30.9 Å². The van der Waals surface area contributed by atoms with Crippen LogP contribution >= 0.6 is 34.8 Å². The van der Waals surface area contributed by atoms with Crippen molar-refractivity contribution in [2.45, 2.75) is 43.5 Å². The average Bonchev–Trinajstić information content (AvgIpc) is 3.07. The van der Waals surface area contributed by atoms with Crippen LogP contribution in [0, 0.1) is 5.92 Å². The van der Waals surface area contributed by atoms with Gasteiger partial charge in [0.15, 0.2) is 5.78 Å². The van der Waals surface area contributed by atoms with Gasteiger partial charge in [-0.25, -0.2) is 9.67 Å². The standard InChI is InChI=1S/C17H18Cl3N3O/c1-11(6-12-2-3-13(18)8-14(12)19)7-15(23-10-21-9-22-23)16(24)17(20)4-5-17/h2-3,8-11,15H,4-7H2,1H3. The lowest BCUT2D eigenvalue weighted by Crippen LogP contribution is -2.30. The molecule has 1 aliphatic rings. The highest BCUT2D eigenvalue weighted by Crippen LogP contribution is 2.46. The summed E-state index contributed by atoms with van der Waals surface area (Å²) >= 11 is 18.5. The summed E-state index contributed by atoms with van der Waals surface area (Å²) in [6, 6.07) is 5.10. The van der Waals surface area contributed by atoms with Gasteiger partial charge in [-0.05, 0) is 49.3 Å². The summed E-state index contributed by atoms with van der Waals surface area (Å²) in [5.74, 6) is 0.254. The lowest BCUT2D eigenvalue weighted by molar-refractivity contribution is -0.123. The van der Waals surface area contributed by atoms with Gasteiger partial charge in [0.05, 0.1) is 0 Å². The second-order valence-electron chi connectivity index (χ2n) is 6.50. The minimum absolute atomic E-state index is 0.0312. The number of Topliss-reactive ketones (excluding diaryl/α,β-unsaturated/α-hetero) is 1. The summed E-state index contributed by atoms with van der Waals surface area (Å²) in [6.45, 7) is 2.09. The average molecular weight is 387 g/mol. The maximum Gasteiger partial charge on any atom is 0.178 e. The van der Waals surface area contributed by atoms with Crippen molar-refractivity contribution in [2.75, 3.05) is 0 Å². The molecular weight excluding hydrogens is 369 g/mol. The summed E-state index contributed by atoms with van der Waals surface area (Å²) in [5, 5.41) is 5.41. The molecule has 2 unspecified atom stereocenters. The number of nitrogens with zero attached hydrogens (tertiary/aromatic N) is 3. The van der Waals surface area contributed by atoms with Gasteiger partial charge in [-0.3, -0.25) is 4.79 Å². The Labute approximate surface area is 156 Å². The van der Waals surface area contributed by atoms with E-state index in [1.165, 1.54) is 6.33 Å². The van der Waals surface area contributed by atoms with Crippen molar-refractivity contribution in [2.24, 2.45) is 5.92 Å². The van der Waals surface area contributed by atoms with E-state index in [1.54, 1.807) is 17.1 Å². The van der Waals surface area contributed by atoms with Crippen LogP contribution in [0.2, 0.25) is 10.0 Å². The monoisotopic (exact) mass is 385 g/mol. The molecule has 0 spiro atoms. The number of alkyl halides is 1. The fourth-order valence-corrected chi connectivity index (χ4v) is 3.60. The molecule has 24 heavy (non-hydrogen) atoms. The SMILES string of the molecule is CC(Cc1ccc(Cl)cc1Cl)CC(C(=O)C1(Cl)CC1)n1cncn1. The van der Waals surface area contributed by atoms with Crippen molar-refractivity contribution < 1.29 is 4.79 Å². The zero-order valence-electron chi connectivity index (χ0n) is 13.3. The Balaban J connectivity index is 1.73. The Morgan fingerprint density at radius 1 is 1.38 bits per heavy atom. The third-order valence-corrected chi connectivity index (χ3v) is 5.55. The molecular formula is C17H18Cl3N3O. The van der Waals surface area contributed by atoms with Crippen LogP contribution in [0.3, 0.4) is 0 Å². The molecule has 1 aromatic carbocycles. The first-order valence-corrected chi connectivity index (χ1v) is 9.04. The van der Waals surface area contributed by atoms with E-state index in [9.17, 15) is 4.79 Å². The number of benzene rings is 1. The highest BCUT2D eigenvalue weighted by molar-refractivity contribution is 6.38. The molecule has 1 aliphatic carbocycles. The highest BCUT2D eigenvalue weighted by Gasteiger charge is 2.51. The van der Waals surface area contributed by atoms with Crippen LogP contribution in [0.25, 0.3) is 0 Å². The van der Waals surface area contributed by atoms with Crippen LogP contribution in [0.1, 0.15) is 37.8 Å². The first-order valence-electron chi connectivity index (χ1n) is 7.90. The van der Waals surface area contributed by atoms with Crippen molar-refractivity contribution in [1.82, 2.24) is 14.8 Å². The van der Waals surface area contributed by atoms with E-state index in [2.05, 4.69) is 17.0 Å². The maximum absolute atomic E-state index is 12.8. The molecule has 2 aromatic rings. The van der Waals surface area contributed by atoms with E-state index in [-0.39, 0.29) is 11.7 Å². The Morgan fingerprint density at radius 2 is 2.12 bits per heavy atom. The lowest BCUT2D eigenvalue weighted by atomic mass is 9.91. The van der Waals surface area contributed by atoms with Gasteiger partial charge in [0.2, 0.25) is 0 Å². The van der Waals surface area contributed by atoms with E-state index in [4.69, 9.17) is 34.8 Å². The molecule has 0 amide bonds. The molecule has 1 aromatic heterocycles. The van der Waals surface area contributed by atoms with Crippen LogP contribution in [-0.2, 0) is 11.2 Å². The molecule has 0 saturated heterocycles. The Hall–Kier alpha value is -1.10. The van der Waals surface area contributed by atoms with Gasteiger partial charge in [0, 0.05) is 10.0 Å². The molecule has 1 fully saturated rings. The second kappa shape index (κ2) is 7.03. The summed E-state index contributed by atoms with van der Waals surface area (Å²) in [6.07, 6.45) is 5.87. The van der Waals surface area contributed by atoms with Crippen LogP contribution < -0.4 is 0 Å². The molecule has 3 rings (SSSR count). The number of rotatable bonds is 7. The fraction of sp³-hybridized carbons (Fsp3) is 0.471. The van der Waals surface area contributed by atoms with Crippen molar-refractivity contribution in [3.63, 3.8) is 0 Å². The third-order valence-electron chi connectivity index (χ3n) is 4.40. The lowest BCUT2D eigenvalue weighted by Gasteiger charge is -2.22. The molecule has 7 heteroatoms. The third kappa shape index (κ3) is 3.93. The highest BCUT2D eigenvalue weighted by atomic mass is 35.5. The van der Waals surface area contributed by atoms with Gasteiger partial charge < -0.3 is 0 Å². The predicted octanol–water partition coefficient (Wildman–Crippen LogP) is 4.74. The van der Waals surface area contributed by atoms with E-state index in [0.717, 1.165) is 24.8 Å². The Kier molecular flexibility index (Phi) is 5.19. The minimum atomic E-state index is -0.714. The number of carbonyl (C=O) groups is 1. The second-order valence-corrected chi connectivity index (χ2v) is 8.07.